The van der Waals surface area contributed by atoms with Gasteiger partial charge in [0.25, 0.3) is 0 Å². The van der Waals surface area contributed by atoms with Gasteiger partial charge in [-0.2, -0.15) is 0 Å². The number of aliphatic hydroxyl groups is 4. The Kier molecular flexibility index (Phi) is 13.3. The third-order valence-electron chi connectivity index (χ3n) is 1.64. The Morgan fingerprint density at radius 3 is 1.94 bits per heavy atom. The van der Waals surface area contributed by atoms with Crippen molar-refractivity contribution in [3.8, 4) is 0 Å². The van der Waals surface area contributed by atoms with Gasteiger partial charge in [0.1, 0.15) is 24.4 Å². The van der Waals surface area contributed by atoms with E-state index in [-0.39, 0.29) is 35.7 Å². The third-order valence-corrected chi connectivity index (χ3v) is 2.10. The second-order valence-electron chi connectivity index (χ2n) is 2.92. The van der Waals surface area contributed by atoms with Crippen molar-refractivity contribution in [3.63, 3.8) is 0 Å². The molecule has 0 aromatic carbocycles. The number of rotatable bonds is 7. The maximum Gasteiger partial charge on any atom is 2.00 e. The van der Waals surface area contributed by atoms with Gasteiger partial charge >= 0.3 is 23.9 Å². The molecule has 0 fully saturated rings. The van der Waals surface area contributed by atoms with Crippen LogP contribution in [0.3, 0.4) is 0 Å². The second kappa shape index (κ2) is 10.2. The fourth-order valence-corrected chi connectivity index (χ4v) is 1.11. The minimum atomic E-state index is -5.30. The predicted octanol–water partition coefficient (Wildman–Crippen LogP) is -5.73. The van der Waals surface area contributed by atoms with E-state index in [9.17, 15) is 19.1 Å². The molecule has 0 unspecified atom stereocenters. The summed E-state index contributed by atoms with van der Waals surface area (Å²) in [6, 6.07) is 0. The number of carbonyl (C=O) groups excluding carboxylic acids is 1. The van der Waals surface area contributed by atoms with Crippen molar-refractivity contribution in [2.24, 2.45) is 0 Å². The summed E-state index contributed by atoms with van der Waals surface area (Å²) >= 11 is 0. The van der Waals surface area contributed by atoms with E-state index in [1.165, 1.54) is 0 Å². The maximum atomic E-state index is 10.0. The van der Waals surface area contributed by atoms with Crippen molar-refractivity contribution in [2.75, 3.05) is 6.61 Å². The van der Waals surface area contributed by atoms with Gasteiger partial charge in [-0.15, -0.1) is 0 Å². The van der Waals surface area contributed by atoms with Gasteiger partial charge in [-0.3, -0.25) is 0 Å². The van der Waals surface area contributed by atoms with Crippen molar-refractivity contribution in [3.05, 3.63) is 0 Å². The molecule has 0 aromatic heterocycles. The van der Waals surface area contributed by atoms with Gasteiger partial charge < -0.3 is 49.6 Å². The van der Waals surface area contributed by atoms with Crippen molar-refractivity contribution >= 4 is 38.0 Å². The Balaban J connectivity index is -0.00000112. The van der Waals surface area contributed by atoms with E-state index >= 15 is 0 Å². The zero-order valence-corrected chi connectivity index (χ0v) is 12.6. The summed E-state index contributed by atoms with van der Waals surface area (Å²) in [5.74, 6) is 0. The smallest absolute Gasteiger partial charge is 0.790 e. The van der Waals surface area contributed by atoms with Crippen LogP contribution < -0.4 is 9.79 Å². The molecule has 0 aromatic rings. The second-order valence-corrected chi connectivity index (χ2v) is 4.07. The summed E-state index contributed by atoms with van der Waals surface area (Å²) in [6.07, 6.45) is -8.04. The molecule has 0 amide bonds. The normalized spacial score (nSPS) is 17.7. The fraction of sp³-hybridized carbons (Fsp3) is 0.833. The molecule has 0 saturated carbocycles. The van der Waals surface area contributed by atoms with Gasteiger partial charge in [-0.05, 0) is 0 Å². The van der Waals surface area contributed by atoms with E-state index in [0.29, 0.717) is 0 Å². The minimum absolute atomic E-state index is 0. The molecule has 0 aliphatic carbocycles. The first-order chi connectivity index (χ1) is 7.19. The monoisotopic (exact) mass is 396 g/mol. The molecular formula is C6H13O10PSn. The Bertz CT molecular complexity index is 269. The molecule has 106 valence electrons. The first-order valence-corrected chi connectivity index (χ1v) is 5.49. The van der Waals surface area contributed by atoms with Gasteiger partial charge in [-0.1, -0.05) is 0 Å². The average Bonchev–Trinajstić information content (AvgIpc) is 2.21. The molecule has 0 bridgehead atoms. The van der Waals surface area contributed by atoms with E-state index in [1.807, 2.05) is 0 Å². The van der Waals surface area contributed by atoms with Crippen molar-refractivity contribution in [2.45, 2.75) is 24.4 Å². The molecule has 0 aliphatic rings. The van der Waals surface area contributed by atoms with Gasteiger partial charge in [0.15, 0.2) is 6.29 Å². The van der Waals surface area contributed by atoms with Crippen LogP contribution in [0.1, 0.15) is 0 Å². The van der Waals surface area contributed by atoms with Crippen LogP contribution in [0.2, 0.25) is 0 Å². The van der Waals surface area contributed by atoms with Gasteiger partial charge in [-0.25, -0.2) is 0 Å². The van der Waals surface area contributed by atoms with Crippen LogP contribution >= 0.6 is 7.82 Å². The largest absolute Gasteiger partial charge is 2.00 e. The van der Waals surface area contributed by atoms with Crippen LogP contribution in [0.5, 0.6) is 0 Å². The Labute approximate surface area is 119 Å². The van der Waals surface area contributed by atoms with E-state index in [4.69, 9.17) is 20.4 Å². The first-order valence-electron chi connectivity index (χ1n) is 4.03. The molecule has 10 nitrogen and oxygen atoms in total. The predicted molar refractivity (Wildman–Crippen MR) is 53.0 cm³/mol. The van der Waals surface area contributed by atoms with Gasteiger partial charge in [0.05, 0.1) is 14.4 Å². The number of aliphatic hydroxyl groups excluding tert-OH is 4. The number of phosphoric acid groups is 1. The zero-order valence-electron chi connectivity index (χ0n) is 8.87. The first kappa shape index (κ1) is 23.5. The van der Waals surface area contributed by atoms with Crippen LogP contribution in [0.25, 0.3) is 0 Å². The molecule has 6 N–H and O–H groups in total. The molecule has 4 atom stereocenters. The Hall–Kier alpha value is 0.379. The minimum Gasteiger partial charge on any atom is -0.790 e. The van der Waals surface area contributed by atoms with Crippen LogP contribution in [0.15, 0.2) is 0 Å². The Morgan fingerprint density at radius 2 is 1.61 bits per heavy atom. The maximum absolute atomic E-state index is 10.0. The van der Waals surface area contributed by atoms with Crippen LogP contribution in [0, 0.1) is 0 Å². The van der Waals surface area contributed by atoms with Crippen molar-refractivity contribution in [1.82, 2.24) is 0 Å². The molecule has 0 spiro atoms. The summed E-state index contributed by atoms with van der Waals surface area (Å²) in [5.41, 5.74) is 0. The van der Waals surface area contributed by atoms with Crippen molar-refractivity contribution in [1.29, 1.82) is 0 Å². The fourth-order valence-electron chi connectivity index (χ4n) is 0.776. The van der Waals surface area contributed by atoms with E-state index in [1.54, 1.807) is 0 Å². The number of hydrogen-bond donors (Lipinski definition) is 4. The van der Waals surface area contributed by atoms with E-state index in [0.717, 1.165) is 0 Å². The molecule has 0 aliphatic heterocycles. The quantitative estimate of drug-likeness (QED) is 0.184. The number of carbonyl (C=O) groups is 1. The standard InChI is InChI=1S/C6H13O9P.H2O.Sn/c7-1-3(8)5(10)6(11)4(9)2-15-16(12,13)14;;/h1,3-6,8-11H,2H2,(H2,12,13,14);1H2;/q;;+2/p-2/t3-,4+,5+,6+;;/m0../s1. The number of phosphoric ester groups is 1. The molecule has 0 rings (SSSR count). The van der Waals surface area contributed by atoms with E-state index < -0.39 is 38.8 Å². The molecule has 12 heteroatoms. The summed E-state index contributed by atoms with van der Waals surface area (Å²) in [5, 5.41) is 35.9. The molecule has 18 heavy (non-hydrogen) atoms. The topological polar surface area (TPSA) is 202 Å². The molecule has 2 radical (unpaired) electrons. The zero-order chi connectivity index (χ0) is 12.9. The third kappa shape index (κ3) is 9.33. The SMILES string of the molecule is O.O=C[C@H](O)[C@@H](O)[C@H](O)[C@H](O)COP(=O)([O-])[O-].[Sn+2]. The van der Waals surface area contributed by atoms with Crippen LogP contribution in [0.4, 0.5) is 0 Å². The summed E-state index contributed by atoms with van der Waals surface area (Å²) in [7, 11) is -5.30. The summed E-state index contributed by atoms with van der Waals surface area (Å²) < 4.78 is 13.6. The average molecular weight is 395 g/mol. The van der Waals surface area contributed by atoms with Gasteiger partial charge in [0.2, 0.25) is 0 Å². The number of hydrogen-bond acceptors (Lipinski definition) is 9. The summed E-state index contributed by atoms with van der Waals surface area (Å²) in [6.45, 7) is -1.09. The molecular weight excluding hydrogens is 382 g/mol. The van der Waals surface area contributed by atoms with Crippen LogP contribution in [-0.2, 0) is 13.9 Å². The Morgan fingerprint density at radius 1 is 1.17 bits per heavy atom. The molecule has 0 saturated heterocycles. The van der Waals surface area contributed by atoms with Crippen molar-refractivity contribution < 1.29 is 49.6 Å². The summed E-state index contributed by atoms with van der Waals surface area (Å²) in [4.78, 5) is 30.0. The van der Waals surface area contributed by atoms with Crippen LogP contribution in [-0.4, -0.2) is 87.1 Å². The van der Waals surface area contributed by atoms with Gasteiger partial charge in [0, 0.05) is 0 Å². The molecule has 0 heterocycles. The van der Waals surface area contributed by atoms with E-state index in [2.05, 4.69) is 4.52 Å². The number of aldehydes is 1.